The van der Waals surface area contributed by atoms with Gasteiger partial charge in [0.25, 0.3) is 5.91 Å². The van der Waals surface area contributed by atoms with Gasteiger partial charge in [0.05, 0.1) is 12.8 Å². The SMILES string of the molecule is CCOc1cc(I)cc(/C=N/NC(=O)C2COc3ccccc3O2)c1O. The van der Waals surface area contributed by atoms with E-state index >= 15 is 0 Å². The Bertz CT molecular complexity index is 840. The summed E-state index contributed by atoms with van der Waals surface area (Å²) in [5, 5.41) is 14.1. The lowest BCUT2D eigenvalue weighted by Gasteiger charge is -2.24. The Morgan fingerprint density at radius 3 is 2.96 bits per heavy atom. The number of carbonyl (C=O) groups is 1. The largest absolute Gasteiger partial charge is 0.504 e. The molecule has 26 heavy (non-hydrogen) atoms. The third-order valence-electron chi connectivity index (χ3n) is 3.55. The number of nitrogens with zero attached hydrogens (tertiary/aromatic N) is 1. The molecule has 1 atom stereocenters. The Balaban J connectivity index is 1.65. The molecule has 0 aliphatic carbocycles. The molecule has 8 heteroatoms. The van der Waals surface area contributed by atoms with Gasteiger partial charge in [0.15, 0.2) is 23.0 Å². The van der Waals surface area contributed by atoms with Gasteiger partial charge in [-0.05, 0) is 53.8 Å². The van der Waals surface area contributed by atoms with Crippen molar-refractivity contribution in [3.63, 3.8) is 0 Å². The first-order valence-electron chi connectivity index (χ1n) is 7.95. The van der Waals surface area contributed by atoms with Crippen LogP contribution in [0.3, 0.4) is 0 Å². The number of amides is 1. The lowest BCUT2D eigenvalue weighted by molar-refractivity contribution is -0.130. The van der Waals surface area contributed by atoms with E-state index in [1.165, 1.54) is 6.21 Å². The number of para-hydroxylation sites is 2. The highest BCUT2D eigenvalue weighted by atomic mass is 127. The van der Waals surface area contributed by atoms with Crippen LogP contribution in [0.15, 0.2) is 41.5 Å². The van der Waals surface area contributed by atoms with E-state index in [-0.39, 0.29) is 12.4 Å². The molecule has 1 unspecified atom stereocenters. The molecule has 1 aliphatic rings. The van der Waals surface area contributed by atoms with Gasteiger partial charge in [-0.15, -0.1) is 0 Å². The van der Waals surface area contributed by atoms with E-state index in [1.807, 2.05) is 13.0 Å². The minimum absolute atomic E-state index is 0.0311. The Morgan fingerprint density at radius 1 is 1.42 bits per heavy atom. The van der Waals surface area contributed by atoms with E-state index in [9.17, 15) is 9.90 Å². The minimum atomic E-state index is -0.800. The molecule has 7 nitrogen and oxygen atoms in total. The van der Waals surface area contributed by atoms with E-state index in [0.29, 0.717) is 29.4 Å². The van der Waals surface area contributed by atoms with Crippen molar-refractivity contribution >= 4 is 34.7 Å². The molecular weight excluding hydrogens is 451 g/mol. The average Bonchev–Trinajstić information content (AvgIpc) is 2.65. The quantitative estimate of drug-likeness (QED) is 0.400. The number of aromatic hydroxyl groups is 1. The number of hydrogen-bond acceptors (Lipinski definition) is 6. The Morgan fingerprint density at radius 2 is 2.19 bits per heavy atom. The average molecular weight is 468 g/mol. The van der Waals surface area contributed by atoms with E-state index in [2.05, 4.69) is 33.1 Å². The maximum atomic E-state index is 12.2. The lowest BCUT2D eigenvalue weighted by Crippen LogP contribution is -2.42. The number of hydrazone groups is 1. The molecule has 1 heterocycles. The van der Waals surface area contributed by atoms with Gasteiger partial charge >= 0.3 is 0 Å². The lowest BCUT2D eigenvalue weighted by atomic mass is 10.2. The van der Waals surface area contributed by atoms with Crippen LogP contribution in [-0.2, 0) is 4.79 Å². The summed E-state index contributed by atoms with van der Waals surface area (Å²) in [6, 6.07) is 10.6. The van der Waals surface area contributed by atoms with Gasteiger partial charge in [0.2, 0.25) is 6.10 Å². The van der Waals surface area contributed by atoms with Crippen molar-refractivity contribution in [2.75, 3.05) is 13.2 Å². The predicted octanol–water partition coefficient (Wildman–Crippen LogP) is 2.69. The van der Waals surface area contributed by atoms with Crippen molar-refractivity contribution in [1.82, 2.24) is 5.43 Å². The van der Waals surface area contributed by atoms with Crippen molar-refractivity contribution in [2.24, 2.45) is 5.10 Å². The van der Waals surface area contributed by atoms with E-state index in [0.717, 1.165) is 3.57 Å². The molecule has 0 spiro atoms. The highest BCUT2D eigenvalue weighted by molar-refractivity contribution is 14.1. The van der Waals surface area contributed by atoms with Crippen molar-refractivity contribution in [1.29, 1.82) is 0 Å². The summed E-state index contributed by atoms with van der Waals surface area (Å²) in [6.07, 6.45) is 0.556. The summed E-state index contributed by atoms with van der Waals surface area (Å²) in [5.41, 5.74) is 2.84. The standard InChI is InChI=1S/C18H17IN2O5/c1-2-24-15-8-12(19)7-11(17(15)22)9-20-21-18(23)16-10-25-13-5-3-4-6-14(13)26-16/h3-9,16,22H,2,10H2,1H3,(H,21,23)/b20-9+. The molecule has 2 N–H and O–H groups in total. The number of benzene rings is 2. The second-order valence-corrected chi connectivity index (χ2v) is 6.62. The molecular formula is C18H17IN2O5. The van der Waals surface area contributed by atoms with Crippen molar-refractivity contribution in [2.45, 2.75) is 13.0 Å². The van der Waals surface area contributed by atoms with Crippen LogP contribution >= 0.6 is 22.6 Å². The molecule has 0 bridgehead atoms. The third kappa shape index (κ3) is 4.18. The van der Waals surface area contributed by atoms with Gasteiger partial charge in [-0.25, -0.2) is 5.43 Å². The number of phenols is 1. The predicted molar refractivity (Wildman–Crippen MR) is 104 cm³/mol. The molecule has 1 aliphatic heterocycles. The van der Waals surface area contributed by atoms with Crippen LogP contribution in [0.4, 0.5) is 0 Å². The Kier molecular flexibility index (Phi) is 5.82. The number of halogens is 1. The normalized spacial score (nSPS) is 15.7. The third-order valence-corrected chi connectivity index (χ3v) is 4.17. The molecule has 2 aromatic carbocycles. The molecule has 2 aromatic rings. The first-order chi connectivity index (χ1) is 12.6. The van der Waals surface area contributed by atoms with Gasteiger partial charge in [0.1, 0.15) is 6.61 Å². The van der Waals surface area contributed by atoms with Crippen LogP contribution < -0.4 is 19.6 Å². The van der Waals surface area contributed by atoms with Crippen LogP contribution in [0.1, 0.15) is 12.5 Å². The van der Waals surface area contributed by atoms with Crippen LogP contribution in [0, 0.1) is 3.57 Å². The first-order valence-corrected chi connectivity index (χ1v) is 9.03. The minimum Gasteiger partial charge on any atom is -0.504 e. The monoisotopic (exact) mass is 468 g/mol. The first kappa shape index (κ1) is 18.3. The summed E-state index contributed by atoms with van der Waals surface area (Å²) in [7, 11) is 0. The molecule has 0 radical (unpaired) electrons. The Labute approximate surface area is 164 Å². The summed E-state index contributed by atoms with van der Waals surface area (Å²) in [4.78, 5) is 12.2. The number of hydrogen-bond donors (Lipinski definition) is 2. The molecule has 1 amide bonds. The molecule has 0 saturated carbocycles. The number of fused-ring (bicyclic) bond motifs is 1. The van der Waals surface area contributed by atoms with Crippen molar-refractivity contribution in [3.05, 3.63) is 45.5 Å². The van der Waals surface area contributed by atoms with E-state index in [1.54, 1.807) is 30.3 Å². The number of phenolic OH excluding ortho intramolecular Hbond substituents is 1. The Hall–Kier alpha value is -2.49. The topological polar surface area (TPSA) is 89.4 Å². The fraction of sp³-hybridized carbons (Fsp3) is 0.222. The summed E-state index contributed by atoms with van der Waals surface area (Å²) < 4.78 is 17.4. The number of carbonyl (C=O) groups excluding carboxylic acids is 1. The van der Waals surface area contributed by atoms with E-state index in [4.69, 9.17) is 14.2 Å². The van der Waals surface area contributed by atoms with Gasteiger partial charge in [-0.3, -0.25) is 4.79 Å². The second kappa shape index (κ2) is 8.26. The van der Waals surface area contributed by atoms with Crippen LogP contribution in [0.25, 0.3) is 0 Å². The van der Waals surface area contributed by atoms with Gasteiger partial charge in [0, 0.05) is 9.13 Å². The zero-order valence-electron chi connectivity index (χ0n) is 13.9. The number of ether oxygens (including phenoxy) is 3. The van der Waals surface area contributed by atoms with Crippen LogP contribution in [-0.4, -0.2) is 36.5 Å². The van der Waals surface area contributed by atoms with E-state index < -0.39 is 12.0 Å². The zero-order valence-corrected chi connectivity index (χ0v) is 16.1. The maximum absolute atomic E-state index is 12.2. The number of nitrogens with one attached hydrogen (secondary N) is 1. The molecule has 0 saturated heterocycles. The summed E-state index contributed by atoms with van der Waals surface area (Å²) >= 11 is 2.11. The molecule has 136 valence electrons. The molecule has 3 rings (SSSR count). The zero-order chi connectivity index (χ0) is 18.5. The fourth-order valence-electron chi connectivity index (χ4n) is 2.34. The summed E-state index contributed by atoms with van der Waals surface area (Å²) in [6.45, 7) is 2.36. The molecule has 0 aromatic heterocycles. The van der Waals surface area contributed by atoms with Gasteiger partial charge < -0.3 is 19.3 Å². The van der Waals surface area contributed by atoms with Crippen LogP contribution in [0.2, 0.25) is 0 Å². The molecule has 0 fully saturated rings. The number of rotatable bonds is 5. The fourth-order valence-corrected chi connectivity index (χ4v) is 2.96. The van der Waals surface area contributed by atoms with Crippen molar-refractivity contribution in [3.8, 4) is 23.0 Å². The van der Waals surface area contributed by atoms with Crippen LogP contribution in [0.5, 0.6) is 23.0 Å². The summed E-state index contributed by atoms with van der Waals surface area (Å²) in [5.74, 6) is 1.02. The van der Waals surface area contributed by atoms with Gasteiger partial charge in [-0.1, -0.05) is 12.1 Å². The second-order valence-electron chi connectivity index (χ2n) is 5.37. The maximum Gasteiger partial charge on any atom is 0.284 e. The highest BCUT2D eigenvalue weighted by Crippen LogP contribution is 2.32. The highest BCUT2D eigenvalue weighted by Gasteiger charge is 2.27. The van der Waals surface area contributed by atoms with Crippen molar-refractivity contribution < 1.29 is 24.1 Å². The smallest absolute Gasteiger partial charge is 0.284 e. The van der Waals surface area contributed by atoms with Gasteiger partial charge in [-0.2, -0.15) is 5.10 Å².